The summed E-state index contributed by atoms with van der Waals surface area (Å²) >= 11 is 3.81. The molecule has 0 bridgehead atoms. The number of benzene rings is 2. The van der Waals surface area contributed by atoms with Gasteiger partial charge in [0.05, 0.1) is 0 Å². The Labute approximate surface area is 142 Å². The Hall–Kier alpha value is -1.26. The van der Waals surface area contributed by atoms with Gasteiger partial charge in [-0.05, 0) is 46.0 Å². The Bertz CT molecular complexity index is 492. The van der Waals surface area contributed by atoms with Crippen LogP contribution in [0.25, 0.3) is 0 Å². The summed E-state index contributed by atoms with van der Waals surface area (Å²) < 4.78 is 12.4. The maximum atomic E-state index is 6.22. The summed E-state index contributed by atoms with van der Waals surface area (Å²) in [4.78, 5) is 0. The van der Waals surface area contributed by atoms with Crippen molar-refractivity contribution in [3.8, 4) is 11.5 Å². The lowest BCUT2D eigenvalue weighted by Gasteiger charge is -2.26. The molecule has 0 aliphatic heterocycles. The lowest BCUT2D eigenvalue weighted by atomic mass is 10.2. The van der Waals surface area contributed by atoms with E-state index >= 15 is 0 Å². The molecule has 2 aromatic rings. The van der Waals surface area contributed by atoms with Crippen molar-refractivity contribution in [2.45, 2.75) is 38.7 Å². The van der Waals surface area contributed by atoms with Gasteiger partial charge in [0.1, 0.15) is 11.5 Å². The first-order chi connectivity index (χ1) is 10.7. The second-order valence-corrected chi connectivity index (χ2v) is 11.2. The molecule has 0 unspecified atom stereocenters. The number of para-hydroxylation sites is 2. The summed E-state index contributed by atoms with van der Waals surface area (Å²) in [5.74, 6) is 1.72. The summed E-state index contributed by atoms with van der Waals surface area (Å²) in [6, 6.07) is 20.7. The van der Waals surface area contributed by atoms with E-state index in [1.165, 1.54) is 19.3 Å². The highest BCUT2D eigenvalue weighted by atomic mass is 79.9. The minimum absolute atomic E-state index is 0.859. The highest BCUT2D eigenvalue weighted by Crippen LogP contribution is 2.29. The molecule has 0 aromatic heterocycles. The minimum atomic E-state index is -2.47. The molecule has 0 amide bonds. The summed E-state index contributed by atoms with van der Waals surface area (Å²) in [6.45, 7) is 2.22. The van der Waals surface area contributed by atoms with E-state index in [2.05, 4.69) is 22.2 Å². The summed E-state index contributed by atoms with van der Waals surface area (Å²) in [5.41, 5.74) is 0. The van der Waals surface area contributed by atoms with Crippen molar-refractivity contribution in [1.29, 1.82) is 0 Å². The van der Waals surface area contributed by atoms with Gasteiger partial charge in [-0.2, -0.15) is 0 Å². The van der Waals surface area contributed by atoms with Crippen LogP contribution in [0, 0.1) is 0 Å². The predicted molar refractivity (Wildman–Crippen MR) is 97.8 cm³/mol. The van der Waals surface area contributed by atoms with Gasteiger partial charge in [0.15, 0.2) is 0 Å². The first-order valence-corrected chi connectivity index (χ1v) is 12.2. The fourth-order valence-electron chi connectivity index (χ4n) is 2.21. The fraction of sp³-hybridized carbons (Fsp3) is 0.333. The second-order valence-electron chi connectivity index (χ2n) is 5.30. The van der Waals surface area contributed by atoms with Gasteiger partial charge in [-0.15, -0.1) is 0 Å². The molecule has 0 spiro atoms. The Balaban J connectivity index is 2.05. The van der Waals surface area contributed by atoms with E-state index in [0.29, 0.717) is 0 Å². The zero-order valence-electron chi connectivity index (χ0n) is 13.0. The molecule has 2 nitrogen and oxygen atoms in total. The third-order valence-electron chi connectivity index (χ3n) is 3.36. The monoisotopic (exact) mass is 378 g/mol. The zero-order valence-corrected chi connectivity index (χ0v) is 15.6. The normalized spacial score (nSPS) is 11.2. The first kappa shape index (κ1) is 17.1. The molecule has 22 heavy (non-hydrogen) atoms. The average molecular weight is 379 g/mol. The van der Waals surface area contributed by atoms with Crippen LogP contribution in [0.15, 0.2) is 60.7 Å². The van der Waals surface area contributed by atoms with Crippen LogP contribution < -0.4 is 8.85 Å². The van der Waals surface area contributed by atoms with Gasteiger partial charge < -0.3 is 8.85 Å². The SMILES string of the molecule is CCCCCC[Si](Br)(Oc1ccccc1)Oc1ccccc1. The van der Waals surface area contributed by atoms with Crippen molar-refractivity contribution in [1.82, 2.24) is 0 Å². The smallest absolute Gasteiger partial charge is 0.504 e. The molecule has 0 fully saturated rings. The predicted octanol–water partition coefficient (Wildman–Crippen LogP) is 6.06. The van der Waals surface area contributed by atoms with Crippen LogP contribution in [0.2, 0.25) is 6.04 Å². The molecule has 0 saturated heterocycles. The van der Waals surface area contributed by atoms with Gasteiger partial charge in [-0.1, -0.05) is 62.6 Å². The Kier molecular flexibility index (Phi) is 7.00. The van der Waals surface area contributed by atoms with E-state index in [1.54, 1.807) is 0 Å². The molecule has 0 heterocycles. The topological polar surface area (TPSA) is 18.5 Å². The van der Waals surface area contributed by atoms with Gasteiger partial charge in [0.2, 0.25) is 0 Å². The van der Waals surface area contributed by atoms with E-state index < -0.39 is 7.18 Å². The maximum absolute atomic E-state index is 6.22. The van der Waals surface area contributed by atoms with Crippen molar-refractivity contribution < 1.29 is 8.85 Å². The Morgan fingerprint density at radius 2 is 1.27 bits per heavy atom. The molecule has 0 aliphatic carbocycles. The zero-order chi connectivity index (χ0) is 15.7. The number of hydrogen-bond donors (Lipinski definition) is 0. The molecule has 118 valence electrons. The number of halogens is 1. The molecule has 0 atom stereocenters. The molecule has 0 N–H and O–H groups in total. The second kappa shape index (κ2) is 9.01. The molecule has 4 heteroatoms. The van der Waals surface area contributed by atoms with Crippen molar-refractivity contribution in [2.75, 3.05) is 0 Å². The van der Waals surface area contributed by atoms with E-state index in [9.17, 15) is 0 Å². The van der Waals surface area contributed by atoms with Crippen LogP contribution in [0.1, 0.15) is 32.6 Å². The molecular formula is C18H23BrO2Si. The van der Waals surface area contributed by atoms with Crippen LogP contribution in [-0.4, -0.2) is 7.18 Å². The maximum Gasteiger partial charge on any atom is 0.537 e. The van der Waals surface area contributed by atoms with Crippen molar-refractivity contribution in [2.24, 2.45) is 0 Å². The van der Waals surface area contributed by atoms with Crippen LogP contribution in [0.5, 0.6) is 11.5 Å². The number of unbranched alkanes of at least 4 members (excludes halogenated alkanes) is 3. The van der Waals surface area contributed by atoms with E-state index in [4.69, 9.17) is 8.85 Å². The number of hydrogen-bond acceptors (Lipinski definition) is 2. The summed E-state index contributed by atoms with van der Waals surface area (Å²) in [6.07, 6.45) is 4.82. The average Bonchev–Trinajstić information content (AvgIpc) is 2.53. The van der Waals surface area contributed by atoms with Gasteiger partial charge in [-0.25, -0.2) is 0 Å². The highest BCUT2D eigenvalue weighted by molar-refractivity contribution is 9.25. The first-order valence-electron chi connectivity index (χ1n) is 7.89. The standard InChI is InChI=1S/C18H23BrO2Si/c1-2-3-4-11-16-22(19,20-17-12-7-5-8-13-17)21-18-14-9-6-10-15-18/h5-10,12-15H,2-4,11,16H2,1H3. The molecule has 0 saturated carbocycles. The largest absolute Gasteiger partial charge is 0.537 e. The van der Waals surface area contributed by atoms with Crippen molar-refractivity contribution in [3.63, 3.8) is 0 Å². The minimum Gasteiger partial charge on any atom is -0.504 e. The summed E-state index contributed by atoms with van der Waals surface area (Å²) in [7, 11) is -2.47. The van der Waals surface area contributed by atoms with E-state index in [1.807, 2.05) is 60.7 Å². The fourth-order valence-corrected chi connectivity index (χ4v) is 6.07. The molecule has 2 rings (SSSR count). The van der Waals surface area contributed by atoms with Gasteiger partial charge >= 0.3 is 7.18 Å². The summed E-state index contributed by atoms with van der Waals surface area (Å²) in [5, 5.41) is 0. The van der Waals surface area contributed by atoms with Crippen LogP contribution in [0.3, 0.4) is 0 Å². The van der Waals surface area contributed by atoms with Gasteiger partial charge in [0.25, 0.3) is 0 Å². The molecular weight excluding hydrogens is 356 g/mol. The van der Waals surface area contributed by atoms with Crippen LogP contribution >= 0.6 is 15.3 Å². The Morgan fingerprint density at radius 1 is 0.773 bits per heavy atom. The van der Waals surface area contributed by atoms with Crippen molar-refractivity contribution in [3.05, 3.63) is 60.7 Å². The van der Waals surface area contributed by atoms with Gasteiger partial charge in [-0.3, -0.25) is 0 Å². The lowest BCUT2D eigenvalue weighted by molar-refractivity contribution is 0.408. The number of rotatable bonds is 9. The molecule has 2 aromatic carbocycles. The molecule has 0 radical (unpaired) electrons. The highest BCUT2D eigenvalue weighted by Gasteiger charge is 2.39. The third-order valence-corrected chi connectivity index (χ3v) is 7.55. The van der Waals surface area contributed by atoms with Crippen molar-refractivity contribution >= 4 is 22.5 Å². The van der Waals surface area contributed by atoms with E-state index in [0.717, 1.165) is 24.0 Å². The lowest BCUT2D eigenvalue weighted by Crippen LogP contribution is -2.42. The molecule has 0 aliphatic rings. The Morgan fingerprint density at radius 3 is 1.73 bits per heavy atom. The van der Waals surface area contributed by atoms with E-state index in [-0.39, 0.29) is 0 Å². The van der Waals surface area contributed by atoms with Crippen LogP contribution in [0.4, 0.5) is 0 Å². The van der Waals surface area contributed by atoms with Crippen LogP contribution in [-0.2, 0) is 0 Å². The van der Waals surface area contributed by atoms with Gasteiger partial charge in [0, 0.05) is 6.04 Å². The quantitative estimate of drug-likeness (QED) is 0.300. The third kappa shape index (κ3) is 5.85.